The summed E-state index contributed by atoms with van der Waals surface area (Å²) in [6.45, 7) is 5.12. The first kappa shape index (κ1) is 14.5. The lowest BCUT2D eigenvalue weighted by Gasteiger charge is -2.32. The van der Waals surface area contributed by atoms with Gasteiger partial charge in [0.1, 0.15) is 0 Å². The molecular weight excluding hydrogens is 258 g/mol. The Balaban J connectivity index is 1.65. The van der Waals surface area contributed by atoms with Crippen molar-refractivity contribution in [3.8, 4) is 0 Å². The lowest BCUT2D eigenvalue weighted by atomic mass is 10.2. The molecule has 2 amide bonds. The van der Waals surface area contributed by atoms with Crippen LogP contribution in [0.3, 0.4) is 0 Å². The van der Waals surface area contributed by atoms with Gasteiger partial charge in [0.25, 0.3) is 0 Å². The summed E-state index contributed by atoms with van der Waals surface area (Å²) in [5.74, 6) is 0.569. The highest BCUT2D eigenvalue weighted by molar-refractivity contribution is 5.74. The highest BCUT2D eigenvalue weighted by atomic mass is 16.5. The van der Waals surface area contributed by atoms with Crippen molar-refractivity contribution in [3.05, 3.63) is 18.5 Å². The number of carbonyl (C=O) groups is 1. The number of hydrogen-bond donors (Lipinski definition) is 2. The van der Waals surface area contributed by atoms with E-state index in [0.29, 0.717) is 38.7 Å². The molecular formula is C13H21N5O2. The number of morpholine rings is 1. The third kappa shape index (κ3) is 4.34. The Morgan fingerprint density at radius 3 is 3.00 bits per heavy atom. The van der Waals surface area contributed by atoms with E-state index in [9.17, 15) is 4.79 Å². The second-order valence-electron chi connectivity index (χ2n) is 4.58. The first-order valence-corrected chi connectivity index (χ1v) is 6.95. The van der Waals surface area contributed by atoms with Crippen LogP contribution in [0.25, 0.3) is 0 Å². The molecule has 0 aliphatic carbocycles. The van der Waals surface area contributed by atoms with Gasteiger partial charge in [0.05, 0.1) is 12.7 Å². The van der Waals surface area contributed by atoms with Crippen molar-refractivity contribution in [1.82, 2.24) is 20.2 Å². The minimum absolute atomic E-state index is 0.0393. The fourth-order valence-corrected chi connectivity index (χ4v) is 2.00. The van der Waals surface area contributed by atoms with Crippen molar-refractivity contribution in [2.45, 2.75) is 19.4 Å². The van der Waals surface area contributed by atoms with E-state index >= 15 is 0 Å². The number of nitrogens with one attached hydrogen (secondary N) is 2. The third-order valence-electron chi connectivity index (χ3n) is 3.13. The van der Waals surface area contributed by atoms with E-state index < -0.39 is 0 Å². The zero-order chi connectivity index (χ0) is 14.2. The molecule has 1 aromatic heterocycles. The Morgan fingerprint density at radius 1 is 1.45 bits per heavy atom. The number of anilines is 1. The van der Waals surface area contributed by atoms with Crippen molar-refractivity contribution in [2.75, 3.05) is 38.1 Å². The van der Waals surface area contributed by atoms with Gasteiger partial charge in [-0.15, -0.1) is 0 Å². The molecule has 0 bridgehead atoms. The van der Waals surface area contributed by atoms with Crippen LogP contribution in [0.4, 0.5) is 10.7 Å². The van der Waals surface area contributed by atoms with Crippen LogP contribution >= 0.6 is 0 Å². The predicted molar refractivity (Wildman–Crippen MR) is 75.5 cm³/mol. The van der Waals surface area contributed by atoms with Crippen LogP contribution in [0.2, 0.25) is 0 Å². The SMILES string of the molecule is CCC1CN(C(=O)NCCNc2ncccn2)CCO1. The van der Waals surface area contributed by atoms with Gasteiger partial charge in [0.2, 0.25) is 5.95 Å². The summed E-state index contributed by atoms with van der Waals surface area (Å²) in [6.07, 6.45) is 4.43. The molecule has 1 unspecified atom stereocenters. The van der Waals surface area contributed by atoms with Crippen LogP contribution < -0.4 is 10.6 Å². The van der Waals surface area contributed by atoms with Gasteiger partial charge >= 0.3 is 6.03 Å². The molecule has 2 N–H and O–H groups in total. The lowest BCUT2D eigenvalue weighted by Crippen LogP contribution is -2.50. The Morgan fingerprint density at radius 2 is 2.25 bits per heavy atom. The molecule has 0 spiro atoms. The Bertz CT molecular complexity index is 414. The highest BCUT2D eigenvalue weighted by Crippen LogP contribution is 2.07. The van der Waals surface area contributed by atoms with Crippen LogP contribution in [-0.2, 0) is 4.74 Å². The van der Waals surface area contributed by atoms with Gasteiger partial charge in [-0.05, 0) is 12.5 Å². The van der Waals surface area contributed by atoms with E-state index in [1.807, 2.05) is 0 Å². The maximum Gasteiger partial charge on any atom is 0.317 e. The molecule has 1 atom stereocenters. The van der Waals surface area contributed by atoms with Crippen molar-refractivity contribution >= 4 is 12.0 Å². The molecule has 1 fully saturated rings. The number of hydrogen-bond acceptors (Lipinski definition) is 5. The molecule has 7 nitrogen and oxygen atoms in total. The monoisotopic (exact) mass is 279 g/mol. The number of amides is 2. The van der Waals surface area contributed by atoms with Gasteiger partial charge in [0, 0.05) is 38.6 Å². The largest absolute Gasteiger partial charge is 0.375 e. The van der Waals surface area contributed by atoms with Crippen LogP contribution in [0.5, 0.6) is 0 Å². The Hall–Kier alpha value is -1.89. The maximum absolute atomic E-state index is 12.0. The highest BCUT2D eigenvalue weighted by Gasteiger charge is 2.22. The number of rotatable bonds is 5. The predicted octanol–water partition coefficient (Wildman–Crippen LogP) is 0.709. The number of aromatic nitrogens is 2. The van der Waals surface area contributed by atoms with Crippen molar-refractivity contribution in [2.24, 2.45) is 0 Å². The van der Waals surface area contributed by atoms with E-state index in [2.05, 4.69) is 27.5 Å². The molecule has 0 radical (unpaired) electrons. The molecule has 110 valence electrons. The number of urea groups is 1. The maximum atomic E-state index is 12.0. The van der Waals surface area contributed by atoms with Gasteiger partial charge in [-0.1, -0.05) is 6.92 Å². The van der Waals surface area contributed by atoms with Crippen molar-refractivity contribution < 1.29 is 9.53 Å². The molecule has 2 heterocycles. The van der Waals surface area contributed by atoms with Gasteiger partial charge < -0.3 is 20.3 Å². The van der Waals surface area contributed by atoms with E-state index in [0.717, 1.165) is 6.42 Å². The topological polar surface area (TPSA) is 79.4 Å². The molecule has 20 heavy (non-hydrogen) atoms. The summed E-state index contributed by atoms with van der Waals surface area (Å²) >= 11 is 0. The fourth-order valence-electron chi connectivity index (χ4n) is 2.00. The van der Waals surface area contributed by atoms with Gasteiger partial charge in [-0.25, -0.2) is 14.8 Å². The van der Waals surface area contributed by atoms with E-state index in [1.165, 1.54) is 0 Å². The summed E-state index contributed by atoms with van der Waals surface area (Å²) in [7, 11) is 0. The van der Waals surface area contributed by atoms with Crippen LogP contribution in [-0.4, -0.2) is 59.8 Å². The molecule has 0 saturated carbocycles. The number of ether oxygens (including phenoxy) is 1. The van der Waals surface area contributed by atoms with Crippen LogP contribution in [0, 0.1) is 0 Å². The zero-order valence-electron chi connectivity index (χ0n) is 11.7. The second kappa shape index (κ2) is 7.64. The van der Waals surface area contributed by atoms with Crippen LogP contribution in [0.15, 0.2) is 18.5 Å². The molecule has 1 aliphatic heterocycles. The lowest BCUT2D eigenvalue weighted by molar-refractivity contribution is -0.0153. The summed E-state index contributed by atoms with van der Waals surface area (Å²) in [5.41, 5.74) is 0. The molecule has 1 aromatic rings. The second-order valence-corrected chi connectivity index (χ2v) is 4.58. The number of nitrogens with zero attached hydrogens (tertiary/aromatic N) is 3. The van der Waals surface area contributed by atoms with Crippen molar-refractivity contribution in [3.63, 3.8) is 0 Å². The first-order chi connectivity index (χ1) is 9.79. The quantitative estimate of drug-likeness (QED) is 0.776. The minimum Gasteiger partial charge on any atom is -0.375 e. The smallest absolute Gasteiger partial charge is 0.317 e. The summed E-state index contributed by atoms with van der Waals surface area (Å²) in [6, 6.07) is 1.72. The molecule has 1 saturated heterocycles. The van der Waals surface area contributed by atoms with E-state index in [1.54, 1.807) is 23.4 Å². The average Bonchev–Trinajstić information content (AvgIpc) is 2.52. The average molecular weight is 279 g/mol. The summed E-state index contributed by atoms with van der Waals surface area (Å²) < 4.78 is 5.54. The van der Waals surface area contributed by atoms with E-state index in [4.69, 9.17) is 4.74 Å². The minimum atomic E-state index is -0.0393. The number of carbonyl (C=O) groups excluding carboxylic acids is 1. The Labute approximate surface area is 118 Å². The fraction of sp³-hybridized carbons (Fsp3) is 0.615. The zero-order valence-corrected chi connectivity index (χ0v) is 11.7. The standard InChI is InChI=1S/C13H21N5O2/c1-2-11-10-18(8-9-20-11)13(19)17-7-6-16-12-14-4-3-5-15-12/h3-5,11H,2,6-10H2,1H3,(H,17,19)(H,14,15,16). The molecule has 7 heteroatoms. The van der Waals surface area contributed by atoms with Gasteiger partial charge in [0.15, 0.2) is 0 Å². The summed E-state index contributed by atoms with van der Waals surface area (Å²) in [5, 5.41) is 5.92. The van der Waals surface area contributed by atoms with Crippen molar-refractivity contribution in [1.29, 1.82) is 0 Å². The summed E-state index contributed by atoms with van der Waals surface area (Å²) in [4.78, 5) is 21.9. The normalized spacial score (nSPS) is 18.6. The molecule has 1 aliphatic rings. The van der Waals surface area contributed by atoms with E-state index in [-0.39, 0.29) is 12.1 Å². The third-order valence-corrected chi connectivity index (χ3v) is 3.13. The first-order valence-electron chi connectivity index (χ1n) is 6.95. The van der Waals surface area contributed by atoms with Crippen LogP contribution in [0.1, 0.15) is 13.3 Å². The Kier molecular flexibility index (Phi) is 5.55. The molecule has 0 aromatic carbocycles. The molecule has 2 rings (SSSR count). The van der Waals surface area contributed by atoms with Gasteiger partial charge in [-0.2, -0.15) is 0 Å². The van der Waals surface area contributed by atoms with Gasteiger partial charge in [-0.3, -0.25) is 0 Å².